The number of halogens is 1. The van der Waals surface area contributed by atoms with Crippen LogP contribution in [-0.4, -0.2) is 16.5 Å². The number of thioether (sulfide) groups is 1. The van der Waals surface area contributed by atoms with Gasteiger partial charge in [0, 0.05) is 10.1 Å². The van der Waals surface area contributed by atoms with Gasteiger partial charge in [0.1, 0.15) is 17.4 Å². The Bertz CT molecular complexity index is 387. The Hall–Kier alpha value is -1.05. The highest BCUT2D eigenvalue weighted by Gasteiger charge is 2.14. The second kappa shape index (κ2) is 5.15. The van der Waals surface area contributed by atoms with E-state index in [1.807, 2.05) is 13.0 Å². The summed E-state index contributed by atoms with van der Waals surface area (Å²) in [4.78, 5) is 0.575. The average Bonchev–Trinajstić information content (AvgIpc) is 2.18. The maximum atomic E-state index is 13.2. The molecule has 2 atom stereocenters. The van der Waals surface area contributed by atoms with Crippen LogP contribution in [-0.2, 0) is 0 Å². The molecule has 1 aromatic carbocycles. The number of aliphatic hydroxyl groups is 1. The lowest BCUT2D eigenvalue weighted by Crippen LogP contribution is -2.15. The smallest absolute Gasteiger partial charge is 0.142 e. The SMILES string of the molecule is CC(O)C(C)Sc1cccc(F)c1C#N. The molecule has 0 radical (unpaired) electrons. The maximum Gasteiger partial charge on any atom is 0.142 e. The first-order valence-corrected chi connectivity index (χ1v) is 5.47. The van der Waals surface area contributed by atoms with Gasteiger partial charge in [-0.2, -0.15) is 5.26 Å². The van der Waals surface area contributed by atoms with E-state index in [-0.39, 0.29) is 10.8 Å². The van der Waals surface area contributed by atoms with Gasteiger partial charge in [-0.25, -0.2) is 4.39 Å². The van der Waals surface area contributed by atoms with Crippen LogP contribution in [0.3, 0.4) is 0 Å². The Balaban J connectivity index is 2.96. The van der Waals surface area contributed by atoms with Gasteiger partial charge < -0.3 is 5.11 Å². The van der Waals surface area contributed by atoms with Gasteiger partial charge in [-0.3, -0.25) is 0 Å². The molecule has 0 aliphatic heterocycles. The molecule has 1 rings (SSSR count). The van der Waals surface area contributed by atoms with Crippen LogP contribution >= 0.6 is 11.8 Å². The van der Waals surface area contributed by atoms with Gasteiger partial charge in [0.2, 0.25) is 0 Å². The molecular formula is C11H12FNOS. The number of rotatable bonds is 3. The van der Waals surface area contributed by atoms with Crippen molar-refractivity contribution in [1.82, 2.24) is 0 Å². The van der Waals surface area contributed by atoms with Gasteiger partial charge in [-0.1, -0.05) is 13.0 Å². The second-order valence-electron chi connectivity index (χ2n) is 3.29. The molecule has 0 saturated heterocycles. The molecule has 1 N–H and O–H groups in total. The molecule has 2 unspecified atom stereocenters. The Kier molecular flexibility index (Phi) is 4.13. The average molecular weight is 225 g/mol. The Morgan fingerprint density at radius 2 is 2.13 bits per heavy atom. The van der Waals surface area contributed by atoms with Crippen molar-refractivity contribution in [2.45, 2.75) is 30.1 Å². The molecular weight excluding hydrogens is 213 g/mol. The van der Waals surface area contributed by atoms with Crippen LogP contribution in [0.2, 0.25) is 0 Å². The summed E-state index contributed by atoms with van der Waals surface area (Å²) in [5.41, 5.74) is 0.0509. The molecule has 80 valence electrons. The van der Waals surface area contributed by atoms with Crippen molar-refractivity contribution in [3.05, 3.63) is 29.6 Å². The third-order valence-electron chi connectivity index (χ3n) is 2.08. The fourth-order valence-electron chi connectivity index (χ4n) is 1.01. The van der Waals surface area contributed by atoms with Crippen LogP contribution in [0.1, 0.15) is 19.4 Å². The Morgan fingerprint density at radius 1 is 1.47 bits per heavy atom. The van der Waals surface area contributed by atoms with Crippen LogP contribution in [0.4, 0.5) is 4.39 Å². The Morgan fingerprint density at radius 3 is 2.67 bits per heavy atom. The zero-order chi connectivity index (χ0) is 11.4. The van der Waals surface area contributed by atoms with Gasteiger partial charge in [-0.15, -0.1) is 11.8 Å². The highest BCUT2D eigenvalue weighted by atomic mass is 32.2. The monoisotopic (exact) mass is 225 g/mol. The summed E-state index contributed by atoms with van der Waals surface area (Å²) in [6.07, 6.45) is -0.496. The summed E-state index contributed by atoms with van der Waals surface area (Å²) >= 11 is 1.30. The highest BCUT2D eigenvalue weighted by molar-refractivity contribution is 8.00. The number of aliphatic hydroxyl groups excluding tert-OH is 1. The molecule has 1 aromatic rings. The molecule has 0 saturated carbocycles. The first-order chi connectivity index (χ1) is 7.06. The van der Waals surface area contributed by atoms with Gasteiger partial charge >= 0.3 is 0 Å². The van der Waals surface area contributed by atoms with Crippen molar-refractivity contribution < 1.29 is 9.50 Å². The molecule has 0 bridgehead atoms. The molecule has 0 heterocycles. The summed E-state index contributed by atoms with van der Waals surface area (Å²) in [7, 11) is 0. The van der Waals surface area contributed by atoms with E-state index in [2.05, 4.69) is 0 Å². The number of nitrogens with zero attached hydrogens (tertiary/aromatic N) is 1. The summed E-state index contributed by atoms with van der Waals surface area (Å²) in [6, 6.07) is 6.34. The molecule has 0 aliphatic carbocycles. The molecule has 0 aromatic heterocycles. The zero-order valence-corrected chi connectivity index (χ0v) is 9.38. The number of benzene rings is 1. The van der Waals surface area contributed by atoms with Crippen molar-refractivity contribution in [2.75, 3.05) is 0 Å². The van der Waals surface area contributed by atoms with E-state index in [4.69, 9.17) is 5.26 Å². The van der Waals surface area contributed by atoms with E-state index in [1.165, 1.54) is 17.8 Å². The minimum Gasteiger partial charge on any atom is -0.392 e. The first-order valence-electron chi connectivity index (χ1n) is 4.59. The summed E-state index contributed by atoms with van der Waals surface area (Å²) in [6.45, 7) is 3.50. The van der Waals surface area contributed by atoms with Crippen LogP contribution in [0.25, 0.3) is 0 Å². The van der Waals surface area contributed by atoms with Crippen LogP contribution in [0, 0.1) is 17.1 Å². The normalized spacial score (nSPS) is 14.3. The minimum atomic E-state index is -0.514. The third-order valence-corrected chi connectivity index (χ3v) is 3.44. The van der Waals surface area contributed by atoms with E-state index >= 15 is 0 Å². The topological polar surface area (TPSA) is 44.0 Å². The molecule has 15 heavy (non-hydrogen) atoms. The fraction of sp³-hybridized carbons (Fsp3) is 0.364. The van der Waals surface area contributed by atoms with Crippen molar-refractivity contribution in [3.8, 4) is 6.07 Å². The van der Waals surface area contributed by atoms with E-state index in [0.717, 1.165) is 0 Å². The zero-order valence-electron chi connectivity index (χ0n) is 8.57. The number of hydrogen-bond acceptors (Lipinski definition) is 3. The van der Waals surface area contributed by atoms with E-state index in [0.29, 0.717) is 4.90 Å². The van der Waals surface area contributed by atoms with Gasteiger partial charge in [0.15, 0.2) is 0 Å². The van der Waals surface area contributed by atoms with Crippen LogP contribution in [0.5, 0.6) is 0 Å². The van der Waals surface area contributed by atoms with Crippen molar-refractivity contribution in [3.63, 3.8) is 0 Å². The minimum absolute atomic E-state index is 0.0509. The van der Waals surface area contributed by atoms with E-state index in [9.17, 15) is 9.50 Å². The lowest BCUT2D eigenvalue weighted by atomic mass is 10.2. The third kappa shape index (κ3) is 2.95. The second-order valence-corrected chi connectivity index (χ2v) is 4.71. The van der Waals surface area contributed by atoms with Crippen molar-refractivity contribution in [1.29, 1.82) is 5.26 Å². The Labute approximate surface area is 92.7 Å². The molecule has 0 aliphatic rings. The molecule has 0 fully saturated rings. The maximum absolute atomic E-state index is 13.2. The predicted octanol–water partition coefficient (Wildman–Crippen LogP) is 2.56. The fourth-order valence-corrected chi connectivity index (χ4v) is 2.03. The molecule has 0 amide bonds. The predicted molar refractivity (Wildman–Crippen MR) is 58.1 cm³/mol. The molecule has 0 spiro atoms. The van der Waals surface area contributed by atoms with E-state index < -0.39 is 11.9 Å². The van der Waals surface area contributed by atoms with Gasteiger partial charge in [-0.05, 0) is 19.1 Å². The highest BCUT2D eigenvalue weighted by Crippen LogP contribution is 2.29. The lowest BCUT2D eigenvalue weighted by Gasteiger charge is -2.14. The van der Waals surface area contributed by atoms with Crippen LogP contribution in [0.15, 0.2) is 23.1 Å². The number of nitriles is 1. The standard InChI is InChI=1S/C11H12FNOS/c1-7(14)8(2)15-11-5-3-4-10(12)9(11)6-13/h3-5,7-8,14H,1-2H3. The van der Waals surface area contributed by atoms with Crippen molar-refractivity contribution in [2.24, 2.45) is 0 Å². The van der Waals surface area contributed by atoms with Gasteiger partial charge in [0.25, 0.3) is 0 Å². The largest absolute Gasteiger partial charge is 0.392 e. The first kappa shape index (κ1) is 12.0. The summed E-state index contributed by atoms with van der Waals surface area (Å²) < 4.78 is 13.2. The van der Waals surface area contributed by atoms with Crippen LogP contribution < -0.4 is 0 Å². The number of hydrogen-bond donors (Lipinski definition) is 1. The molecule has 2 nitrogen and oxygen atoms in total. The van der Waals surface area contributed by atoms with Crippen molar-refractivity contribution >= 4 is 11.8 Å². The lowest BCUT2D eigenvalue weighted by molar-refractivity contribution is 0.196. The van der Waals surface area contributed by atoms with Gasteiger partial charge in [0.05, 0.1) is 6.10 Å². The quantitative estimate of drug-likeness (QED) is 0.804. The molecule has 4 heteroatoms. The summed E-state index contributed by atoms with van der Waals surface area (Å²) in [5.74, 6) is -0.514. The van der Waals surface area contributed by atoms with E-state index in [1.54, 1.807) is 19.1 Å². The summed E-state index contributed by atoms with van der Waals surface area (Å²) in [5, 5.41) is 18.0.